The highest BCUT2D eigenvalue weighted by atomic mass is 16.5. The van der Waals surface area contributed by atoms with E-state index in [9.17, 15) is 9.59 Å². The van der Waals surface area contributed by atoms with Crippen LogP contribution in [-0.4, -0.2) is 33.9 Å². The molecule has 0 saturated heterocycles. The van der Waals surface area contributed by atoms with E-state index in [1.54, 1.807) is 38.3 Å². The minimum atomic E-state index is -0.395. The molecule has 1 heterocycles. The first-order chi connectivity index (χ1) is 13.9. The number of aryl methyl sites for hydroxylation is 2. The van der Waals surface area contributed by atoms with Crippen LogP contribution >= 0.6 is 0 Å². The lowest BCUT2D eigenvalue weighted by atomic mass is 10.1. The number of amides is 2. The summed E-state index contributed by atoms with van der Waals surface area (Å²) in [5, 5.41) is 13.5. The number of anilines is 2. The number of nitrogens with one attached hydrogen (secondary N) is 2. The number of benzene rings is 2. The van der Waals surface area contributed by atoms with E-state index < -0.39 is 5.91 Å². The molecular weight excluding hydrogens is 370 g/mol. The largest absolute Gasteiger partial charge is 0.497 e. The number of methoxy groups -OCH3 is 1. The molecule has 3 rings (SSSR count). The zero-order valence-corrected chi connectivity index (χ0v) is 16.8. The first-order valence-electron chi connectivity index (χ1n) is 9.10. The molecule has 0 saturated carbocycles. The van der Waals surface area contributed by atoms with Gasteiger partial charge in [-0.2, -0.15) is 0 Å². The molecule has 2 amide bonds. The summed E-state index contributed by atoms with van der Waals surface area (Å²) in [7, 11) is 1.57. The maximum absolute atomic E-state index is 12.5. The summed E-state index contributed by atoms with van der Waals surface area (Å²) in [6.07, 6.45) is 0. The van der Waals surface area contributed by atoms with Crippen molar-refractivity contribution in [2.45, 2.75) is 27.3 Å². The molecule has 0 aliphatic carbocycles. The smallest absolute Gasteiger partial charge is 0.278 e. The van der Waals surface area contributed by atoms with Gasteiger partial charge in [0, 0.05) is 11.4 Å². The van der Waals surface area contributed by atoms with Crippen LogP contribution in [0.5, 0.6) is 5.75 Å². The molecule has 0 unspecified atom stereocenters. The van der Waals surface area contributed by atoms with E-state index >= 15 is 0 Å². The third kappa shape index (κ3) is 4.78. The third-order valence-electron chi connectivity index (χ3n) is 4.49. The minimum absolute atomic E-state index is 0.0397. The SMILES string of the molecule is COc1ccc(NC(=O)c2nnn(CC(=O)Nc3ccc(C)cc3C)c2C)cc1. The number of nitrogens with zero attached hydrogens (tertiary/aromatic N) is 3. The number of rotatable bonds is 6. The summed E-state index contributed by atoms with van der Waals surface area (Å²) in [5.74, 6) is 0.0562. The first-order valence-corrected chi connectivity index (χ1v) is 9.10. The number of carbonyl (C=O) groups excluding carboxylic acids is 2. The van der Waals surface area contributed by atoms with Gasteiger partial charge in [0.2, 0.25) is 5.91 Å². The maximum atomic E-state index is 12.5. The van der Waals surface area contributed by atoms with Crippen LogP contribution in [0.1, 0.15) is 27.3 Å². The van der Waals surface area contributed by atoms with Crippen LogP contribution in [-0.2, 0) is 11.3 Å². The molecule has 1 aromatic heterocycles. The van der Waals surface area contributed by atoms with Crippen LogP contribution in [0.25, 0.3) is 0 Å². The highest BCUT2D eigenvalue weighted by Crippen LogP contribution is 2.17. The molecule has 0 radical (unpaired) electrons. The molecule has 8 nitrogen and oxygen atoms in total. The van der Waals surface area contributed by atoms with Gasteiger partial charge in [0.1, 0.15) is 12.3 Å². The fourth-order valence-electron chi connectivity index (χ4n) is 2.86. The van der Waals surface area contributed by atoms with Gasteiger partial charge >= 0.3 is 0 Å². The van der Waals surface area contributed by atoms with Gasteiger partial charge in [-0.15, -0.1) is 5.10 Å². The Hall–Kier alpha value is -3.68. The lowest BCUT2D eigenvalue weighted by Gasteiger charge is -2.10. The zero-order chi connectivity index (χ0) is 21.0. The zero-order valence-electron chi connectivity index (χ0n) is 16.8. The Bertz CT molecular complexity index is 1040. The fraction of sp³-hybridized carbons (Fsp3) is 0.238. The summed E-state index contributed by atoms with van der Waals surface area (Å²) in [6.45, 7) is 5.59. The average Bonchev–Trinajstić information content (AvgIpc) is 3.05. The lowest BCUT2D eigenvalue weighted by Crippen LogP contribution is -2.21. The van der Waals surface area contributed by atoms with Gasteiger partial charge in [-0.25, -0.2) is 4.68 Å². The quantitative estimate of drug-likeness (QED) is 0.671. The van der Waals surface area contributed by atoms with Gasteiger partial charge < -0.3 is 15.4 Å². The molecule has 2 N–H and O–H groups in total. The van der Waals surface area contributed by atoms with Crippen molar-refractivity contribution in [1.29, 1.82) is 0 Å². The van der Waals surface area contributed by atoms with E-state index in [-0.39, 0.29) is 18.1 Å². The van der Waals surface area contributed by atoms with Crippen LogP contribution in [0.15, 0.2) is 42.5 Å². The molecule has 3 aromatic rings. The molecule has 0 atom stereocenters. The van der Waals surface area contributed by atoms with E-state index in [0.717, 1.165) is 16.8 Å². The molecule has 29 heavy (non-hydrogen) atoms. The van der Waals surface area contributed by atoms with Gasteiger partial charge in [0.15, 0.2) is 5.69 Å². The van der Waals surface area contributed by atoms with Crippen LogP contribution < -0.4 is 15.4 Å². The molecule has 8 heteroatoms. The van der Waals surface area contributed by atoms with E-state index in [4.69, 9.17) is 4.74 Å². The molecule has 2 aromatic carbocycles. The highest BCUT2D eigenvalue weighted by Gasteiger charge is 2.18. The second-order valence-electron chi connectivity index (χ2n) is 6.73. The van der Waals surface area contributed by atoms with Gasteiger partial charge in [0.25, 0.3) is 5.91 Å². The van der Waals surface area contributed by atoms with Crippen LogP contribution in [0.4, 0.5) is 11.4 Å². The summed E-state index contributed by atoms with van der Waals surface area (Å²) in [5.41, 5.74) is 4.13. The fourth-order valence-corrected chi connectivity index (χ4v) is 2.86. The van der Waals surface area contributed by atoms with Gasteiger partial charge in [-0.05, 0) is 56.7 Å². The molecule has 150 valence electrons. The Kier molecular flexibility index (Phi) is 5.92. The molecule has 0 spiro atoms. The minimum Gasteiger partial charge on any atom is -0.497 e. The van der Waals surface area contributed by atoms with Gasteiger partial charge in [-0.1, -0.05) is 22.9 Å². The Morgan fingerprint density at radius 3 is 2.41 bits per heavy atom. The van der Waals surface area contributed by atoms with Crippen molar-refractivity contribution in [3.8, 4) is 5.75 Å². The van der Waals surface area contributed by atoms with Crippen LogP contribution in [0, 0.1) is 20.8 Å². The molecule has 0 aliphatic rings. The Morgan fingerprint density at radius 2 is 1.76 bits per heavy atom. The van der Waals surface area contributed by atoms with E-state index in [1.807, 2.05) is 32.0 Å². The van der Waals surface area contributed by atoms with Crippen molar-refractivity contribution < 1.29 is 14.3 Å². The van der Waals surface area contributed by atoms with Crippen molar-refractivity contribution >= 4 is 23.2 Å². The average molecular weight is 393 g/mol. The standard InChI is InChI=1S/C21H23N5O3/c1-13-5-10-18(14(2)11-13)23-19(27)12-26-15(3)20(24-25-26)21(28)22-16-6-8-17(29-4)9-7-16/h5-11H,12H2,1-4H3,(H,22,28)(H,23,27). The maximum Gasteiger partial charge on any atom is 0.278 e. The number of carbonyl (C=O) groups is 2. The molecule has 0 aliphatic heterocycles. The third-order valence-corrected chi connectivity index (χ3v) is 4.49. The molecule has 0 bridgehead atoms. The Balaban J connectivity index is 1.66. The van der Waals surface area contributed by atoms with Crippen LogP contribution in [0.3, 0.4) is 0 Å². The van der Waals surface area contributed by atoms with Gasteiger partial charge in [0.05, 0.1) is 12.8 Å². The molecule has 0 fully saturated rings. The van der Waals surface area contributed by atoms with Crippen molar-refractivity contribution in [2.75, 3.05) is 17.7 Å². The van der Waals surface area contributed by atoms with Crippen molar-refractivity contribution in [2.24, 2.45) is 0 Å². The van der Waals surface area contributed by atoms with Crippen molar-refractivity contribution in [3.05, 3.63) is 65.0 Å². The normalized spacial score (nSPS) is 10.5. The summed E-state index contributed by atoms with van der Waals surface area (Å²) < 4.78 is 6.50. The Morgan fingerprint density at radius 1 is 1.03 bits per heavy atom. The topological polar surface area (TPSA) is 98.1 Å². The lowest BCUT2D eigenvalue weighted by molar-refractivity contribution is -0.117. The number of aromatic nitrogens is 3. The van der Waals surface area contributed by atoms with Crippen molar-refractivity contribution in [1.82, 2.24) is 15.0 Å². The van der Waals surface area contributed by atoms with E-state index in [1.165, 1.54) is 4.68 Å². The van der Waals surface area contributed by atoms with Gasteiger partial charge in [-0.3, -0.25) is 9.59 Å². The Labute approximate surface area is 168 Å². The number of hydrogen-bond acceptors (Lipinski definition) is 5. The predicted molar refractivity (Wildman–Crippen MR) is 110 cm³/mol. The highest BCUT2D eigenvalue weighted by molar-refractivity contribution is 6.03. The summed E-state index contributed by atoms with van der Waals surface area (Å²) in [4.78, 5) is 24.9. The predicted octanol–water partition coefficient (Wildman–Crippen LogP) is 3.10. The van der Waals surface area contributed by atoms with Crippen LogP contribution in [0.2, 0.25) is 0 Å². The second kappa shape index (κ2) is 8.55. The number of ether oxygens (including phenoxy) is 1. The van der Waals surface area contributed by atoms with E-state index in [0.29, 0.717) is 17.1 Å². The molecular formula is C21H23N5O3. The number of hydrogen-bond donors (Lipinski definition) is 2. The first kappa shape index (κ1) is 20.1. The summed E-state index contributed by atoms with van der Waals surface area (Å²) >= 11 is 0. The van der Waals surface area contributed by atoms with E-state index in [2.05, 4.69) is 20.9 Å². The second-order valence-corrected chi connectivity index (χ2v) is 6.73. The van der Waals surface area contributed by atoms with Crippen molar-refractivity contribution in [3.63, 3.8) is 0 Å². The monoisotopic (exact) mass is 393 g/mol. The summed E-state index contributed by atoms with van der Waals surface area (Å²) in [6, 6.07) is 12.8.